The first kappa shape index (κ1) is 16.1. The van der Waals surface area contributed by atoms with E-state index in [9.17, 15) is 4.79 Å². The van der Waals surface area contributed by atoms with Crippen molar-refractivity contribution < 1.29 is 4.79 Å². The first-order valence-corrected chi connectivity index (χ1v) is 7.46. The van der Waals surface area contributed by atoms with Crippen LogP contribution in [-0.4, -0.2) is 13.4 Å². The Morgan fingerprint density at radius 2 is 1.44 bits per heavy atom. The van der Waals surface area contributed by atoms with E-state index in [2.05, 4.69) is 52.8 Å². The number of aromatic nitrogens is 1. The normalized spacial score (nSPS) is 9.19. The van der Waals surface area contributed by atoms with Gasteiger partial charge in [0.05, 0.1) is 0 Å². The second kappa shape index (κ2) is 10.3. The van der Waals surface area contributed by atoms with Gasteiger partial charge < -0.3 is 4.98 Å². The molecule has 0 unspecified atom stereocenters. The van der Waals surface area contributed by atoms with E-state index in [4.69, 9.17) is 0 Å². The van der Waals surface area contributed by atoms with E-state index in [0.29, 0.717) is 6.29 Å². The molecule has 0 aliphatic rings. The minimum atomic E-state index is -0.701. The zero-order chi connectivity index (χ0) is 12.3. The number of H-pyrrole nitrogens is 1. The maximum Gasteiger partial charge on any atom is 0.189 e. The molecular formula is C10H10Br3NOS. The highest BCUT2D eigenvalue weighted by Crippen LogP contribution is 2.29. The van der Waals surface area contributed by atoms with Crippen molar-refractivity contribution in [1.82, 2.24) is 4.98 Å². The van der Waals surface area contributed by atoms with Gasteiger partial charge in [-0.25, -0.2) is 0 Å². The van der Waals surface area contributed by atoms with Crippen LogP contribution in [0.15, 0.2) is 47.4 Å². The smallest absolute Gasteiger partial charge is 0.189 e. The number of nitrogens with one attached hydrogen (secondary N) is 1. The predicted octanol–water partition coefficient (Wildman–Crippen LogP) is 4.79. The van der Waals surface area contributed by atoms with Crippen LogP contribution in [0.4, 0.5) is 0 Å². The molecule has 1 N–H and O–H groups in total. The van der Waals surface area contributed by atoms with Gasteiger partial charge in [-0.05, 0) is 22.9 Å². The number of alkyl halides is 3. The number of aldehydes is 1. The highest BCUT2D eigenvalue weighted by Gasteiger charge is 2.13. The molecule has 2 heterocycles. The van der Waals surface area contributed by atoms with E-state index < -0.39 is 2.14 Å². The predicted molar refractivity (Wildman–Crippen MR) is 80.7 cm³/mol. The van der Waals surface area contributed by atoms with Gasteiger partial charge in [0.1, 0.15) is 0 Å². The molecule has 0 aromatic carbocycles. The van der Waals surface area contributed by atoms with Crippen molar-refractivity contribution >= 4 is 65.4 Å². The van der Waals surface area contributed by atoms with E-state index in [0.717, 1.165) is 0 Å². The Labute approximate surface area is 124 Å². The van der Waals surface area contributed by atoms with Crippen LogP contribution < -0.4 is 0 Å². The van der Waals surface area contributed by atoms with Crippen LogP contribution in [0.1, 0.15) is 0 Å². The topological polar surface area (TPSA) is 32.9 Å². The Morgan fingerprint density at radius 3 is 1.56 bits per heavy atom. The second-order valence-corrected chi connectivity index (χ2v) is 10.1. The van der Waals surface area contributed by atoms with Crippen LogP contribution in [0.2, 0.25) is 0 Å². The van der Waals surface area contributed by atoms with Gasteiger partial charge in [0.2, 0.25) is 0 Å². The Kier molecular flexibility index (Phi) is 10.3. The number of halogens is 3. The molecule has 0 fully saturated rings. The lowest BCUT2D eigenvalue weighted by Gasteiger charge is -1.95. The summed E-state index contributed by atoms with van der Waals surface area (Å²) >= 11 is 10.5. The number of rotatable bonds is 0. The molecule has 2 aromatic rings. The summed E-state index contributed by atoms with van der Waals surface area (Å²) in [6, 6.07) is 7.93. The molecule has 0 amide bonds. The van der Waals surface area contributed by atoms with Crippen molar-refractivity contribution in [2.24, 2.45) is 0 Å². The largest absolute Gasteiger partial charge is 0.368 e. The van der Waals surface area contributed by atoms with Crippen LogP contribution in [-0.2, 0) is 4.79 Å². The van der Waals surface area contributed by atoms with Gasteiger partial charge in [0, 0.05) is 12.4 Å². The lowest BCUT2D eigenvalue weighted by Crippen LogP contribution is -1.97. The molecule has 0 saturated carbocycles. The molecule has 2 rings (SSSR count). The zero-order valence-electron chi connectivity index (χ0n) is 8.15. The maximum absolute atomic E-state index is 9.69. The lowest BCUT2D eigenvalue weighted by molar-refractivity contribution is -0.106. The van der Waals surface area contributed by atoms with Crippen LogP contribution >= 0.6 is 59.1 Å². The summed E-state index contributed by atoms with van der Waals surface area (Å²) in [7, 11) is 0. The Hall–Kier alpha value is 0.0900. The number of carbonyl (C=O) groups is 1. The minimum absolute atomic E-state index is 0.688. The first-order chi connectivity index (χ1) is 7.56. The van der Waals surface area contributed by atoms with Crippen molar-refractivity contribution in [3.05, 3.63) is 47.4 Å². The number of thiophene rings is 1. The number of aromatic amines is 1. The van der Waals surface area contributed by atoms with Gasteiger partial charge in [-0.15, -0.1) is 0 Å². The van der Waals surface area contributed by atoms with Crippen molar-refractivity contribution in [3.63, 3.8) is 0 Å². The Balaban J connectivity index is 0.000000211. The van der Waals surface area contributed by atoms with Gasteiger partial charge in [-0.2, -0.15) is 11.3 Å². The molecule has 0 aliphatic carbocycles. The maximum atomic E-state index is 9.69. The first-order valence-electron chi connectivity index (χ1n) is 4.14. The molecule has 0 bridgehead atoms. The zero-order valence-corrected chi connectivity index (χ0v) is 13.7. The standard InChI is InChI=1S/C4H5N.C4H4S.C2HBr3O/c2*1-2-4-5-3-1;3-2(4,5)1-6/h1-5H;1-4H;1H. The third kappa shape index (κ3) is 14.1. The van der Waals surface area contributed by atoms with E-state index in [1.807, 2.05) is 47.4 Å². The summed E-state index contributed by atoms with van der Waals surface area (Å²) < 4.78 is -0.701. The Morgan fingerprint density at radius 1 is 1.00 bits per heavy atom. The molecule has 6 heteroatoms. The number of carbonyl (C=O) groups excluding carboxylic acids is 1. The molecule has 0 radical (unpaired) electrons. The summed E-state index contributed by atoms with van der Waals surface area (Å²) in [5.74, 6) is 0. The van der Waals surface area contributed by atoms with Crippen molar-refractivity contribution in [2.75, 3.05) is 0 Å². The highest BCUT2D eigenvalue weighted by molar-refractivity contribution is 9.40. The minimum Gasteiger partial charge on any atom is -0.368 e. The van der Waals surface area contributed by atoms with Crippen molar-refractivity contribution in [2.45, 2.75) is 2.14 Å². The number of hydrogen-bond acceptors (Lipinski definition) is 2. The highest BCUT2D eigenvalue weighted by atomic mass is 80.0. The quantitative estimate of drug-likeness (QED) is 0.472. The van der Waals surface area contributed by atoms with Crippen LogP contribution in [0.3, 0.4) is 0 Å². The van der Waals surface area contributed by atoms with Crippen LogP contribution in [0, 0.1) is 0 Å². The fourth-order valence-corrected chi connectivity index (χ4v) is 0.958. The monoisotopic (exact) mass is 429 g/mol. The van der Waals surface area contributed by atoms with E-state index in [1.54, 1.807) is 11.3 Å². The third-order valence-electron chi connectivity index (χ3n) is 1.06. The van der Waals surface area contributed by atoms with Crippen molar-refractivity contribution in [3.8, 4) is 0 Å². The molecule has 0 saturated heterocycles. The molecule has 0 atom stereocenters. The fourth-order valence-electron chi connectivity index (χ4n) is 0.505. The fraction of sp³-hybridized carbons (Fsp3) is 0.100. The van der Waals surface area contributed by atoms with E-state index in [-0.39, 0.29) is 0 Å². The molecule has 0 aliphatic heterocycles. The summed E-state index contributed by atoms with van der Waals surface area (Å²) in [5, 5.41) is 4.08. The second-order valence-electron chi connectivity index (χ2n) is 2.34. The average molecular weight is 432 g/mol. The summed E-state index contributed by atoms with van der Waals surface area (Å²) in [5.41, 5.74) is 0. The van der Waals surface area contributed by atoms with Crippen LogP contribution in [0.5, 0.6) is 0 Å². The van der Waals surface area contributed by atoms with Gasteiger partial charge in [0.25, 0.3) is 0 Å². The number of hydrogen-bond donors (Lipinski definition) is 1. The third-order valence-corrected chi connectivity index (χ3v) is 2.24. The van der Waals surface area contributed by atoms with E-state index >= 15 is 0 Å². The van der Waals surface area contributed by atoms with Gasteiger partial charge in [0.15, 0.2) is 8.43 Å². The van der Waals surface area contributed by atoms with Gasteiger partial charge in [-0.1, -0.05) is 59.9 Å². The summed E-state index contributed by atoms with van der Waals surface area (Å²) in [6.07, 6.45) is 4.44. The molecular weight excluding hydrogens is 422 g/mol. The van der Waals surface area contributed by atoms with Crippen LogP contribution in [0.25, 0.3) is 0 Å². The van der Waals surface area contributed by atoms with Gasteiger partial charge >= 0.3 is 0 Å². The Bertz CT molecular complexity index is 269. The van der Waals surface area contributed by atoms with Crippen molar-refractivity contribution in [1.29, 1.82) is 0 Å². The average Bonchev–Trinajstić information content (AvgIpc) is 2.95. The van der Waals surface area contributed by atoms with E-state index in [1.165, 1.54) is 0 Å². The SMILES string of the molecule is O=CC(Br)(Br)Br.c1cc[nH]c1.c1ccsc1. The molecule has 2 nitrogen and oxygen atoms in total. The van der Waals surface area contributed by atoms with Gasteiger partial charge in [-0.3, -0.25) is 4.79 Å². The molecule has 0 spiro atoms. The summed E-state index contributed by atoms with van der Waals surface area (Å²) in [4.78, 5) is 12.5. The molecule has 2 aromatic heterocycles. The summed E-state index contributed by atoms with van der Waals surface area (Å²) in [6.45, 7) is 0. The lowest BCUT2D eigenvalue weighted by atomic mass is 10.7. The molecule has 88 valence electrons. The molecule has 16 heavy (non-hydrogen) atoms.